The molecule has 1 aliphatic rings. The van der Waals surface area contributed by atoms with Gasteiger partial charge in [-0.05, 0) is 43.5 Å². The predicted molar refractivity (Wildman–Crippen MR) is 96.9 cm³/mol. The van der Waals surface area contributed by atoms with Crippen LogP contribution in [0.3, 0.4) is 0 Å². The third kappa shape index (κ3) is 4.27. The van der Waals surface area contributed by atoms with Crippen molar-refractivity contribution in [3.8, 4) is 0 Å². The van der Waals surface area contributed by atoms with Gasteiger partial charge in [-0.15, -0.1) is 0 Å². The first-order chi connectivity index (χ1) is 12.0. The molecule has 6 nitrogen and oxygen atoms in total. The number of carbonyl (C=O) groups is 1. The zero-order chi connectivity index (χ0) is 17.8. The fourth-order valence-electron chi connectivity index (χ4n) is 3.51. The van der Waals surface area contributed by atoms with Gasteiger partial charge < -0.3 is 15.0 Å². The van der Waals surface area contributed by atoms with Crippen molar-refractivity contribution < 1.29 is 9.90 Å². The lowest BCUT2D eigenvalue weighted by Gasteiger charge is -2.34. The maximum Gasteiger partial charge on any atom is 0.221 e. The van der Waals surface area contributed by atoms with Gasteiger partial charge in [-0.25, -0.2) is 4.98 Å². The molecule has 0 bridgehead atoms. The van der Waals surface area contributed by atoms with Crippen LogP contribution in [0.2, 0.25) is 0 Å². The summed E-state index contributed by atoms with van der Waals surface area (Å²) in [6, 6.07) is 7.93. The number of nitrogens with zero attached hydrogens (tertiary/aromatic N) is 3. The highest BCUT2D eigenvalue weighted by molar-refractivity contribution is 5.89. The molecule has 0 radical (unpaired) electrons. The molecule has 1 atom stereocenters. The number of likely N-dealkylation sites (tertiary alicyclic amines) is 1. The molecule has 134 valence electrons. The summed E-state index contributed by atoms with van der Waals surface area (Å²) in [6.45, 7) is 4.20. The molecule has 6 heteroatoms. The molecule has 0 unspecified atom stereocenters. The van der Waals surface area contributed by atoms with Gasteiger partial charge in [0.1, 0.15) is 11.9 Å². The lowest BCUT2D eigenvalue weighted by molar-refractivity contribution is -0.114. The van der Waals surface area contributed by atoms with Crippen LogP contribution >= 0.6 is 0 Å². The zero-order valence-electron chi connectivity index (χ0n) is 14.9. The van der Waals surface area contributed by atoms with Crippen molar-refractivity contribution >= 4 is 11.6 Å². The summed E-state index contributed by atoms with van der Waals surface area (Å²) in [6.07, 6.45) is 4.97. The molecule has 0 spiro atoms. The second kappa shape index (κ2) is 7.80. The molecule has 2 heterocycles. The Balaban J connectivity index is 1.58. The number of benzene rings is 1. The number of aromatic nitrogens is 2. The molecule has 1 aromatic carbocycles. The Bertz CT molecular complexity index is 720. The number of carbonyl (C=O) groups excluding carboxylic acids is 1. The van der Waals surface area contributed by atoms with Crippen molar-refractivity contribution in [3.63, 3.8) is 0 Å². The smallest absolute Gasteiger partial charge is 0.221 e. The van der Waals surface area contributed by atoms with E-state index in [9.17, 15) is 9.90 Å². The van der Waals surface area contributed by atoms with Crippen molar-refractivity contribution in [2.75, 3.05) is 18.4 Å². The van der Waals surface area contributed by atoms with Crippen LogP contribution in [0.15, 0.2) is 36.7 Å². The molecule has 25 heavy (non-hydrogen) atoms. The summed E-state index contributed by atoms with van der Waals surface area (Å²) >= 11 is 0. The lowest BCUT2D eigenvalue weighted by Crippen LogP contribution is -2.35. The van der Waals surface area contributed by atoms with Gasteiger partial charge in [0.05, 0.1) is 0 Å². The Hall–Kier alpha value is -2.18. The van der Waals surface area contributed by atoms with Crippen molar-refractivity contribution in [3.05, 3.63) is 48.0 Å². The quantitative estimate of drug-likeness (QED) is 0.875. The Morgan fingerprint density at radius 3 is 2.72 bits per heavy atom. The van der Waals surface area contributed by atoms with Crippen molar-refractivity contribution in [2.24, 2.45) is 13.0 Å². The molecule has 1 aliphatic heterocycles. The van der Waals surface area contributed by atoms with Gasteiger partial charge in [-0.1, -0.05) is 18.2 Å². The van der Waals surface area contributed by atoms with Crippen LogP contribution in [0.1, 0.15) is 37.3 Å². The highest BCUT2D eigenvalue weighted by Crippen LogP contribution is 2.30. The summed E-state index contributed by atoms with van der Waals surface area (Å²) in [4.78, 5) is 18.0. The summed E-state index contributed by atoms with van der Waals surface area (Å²) in [5.74, 6) is 0.932. The lowest BCUT2D eigenvalue weighted by atomic mass is 9.90. The first kappa shape index (κ1) is 17.6. The van der Waals surface area contributed by atoms with Gasteiger partial charge in [-0.3, -0.25) is 9.69 Å². The molecule has 1 saturated heterocycles. The standard InChI is InChI=1S/C19H26N4O2/c1-14(24)21-17-6-4-3-5-16(17)13-23-10-7-15(8-11-23)18(25)19-20-9-12-22(19)2/h3-6,9,12,15,18,25H,7-8,10-11,13H2,1-2H3,(H,21,24)/t18-/m1/s1. The third-order valence-corrected chi connectivity index (χ3v) is 4.92. The number of rotatable bonds is 5. The zero-order valence-corrected chi connectivity index (χ0v) is 14.9. The number of anilines is 1. The van der Waals surface area contributed by atoms with E-state index in [0.717, 1.165) is 49.6 Å². The van der Waals surface area contributed by atoms with Crippen molar-refractivity contribution in [1.82, 2.24) is 14.5 Å². The van der Waals surface area contributed by atoms with Crippen LogP contribution in [0, 0.1) is 5.92 Å². The predicted octanol–water partition coefficient (Wildman–Crippen LogP) is 2.32. The highest BCUT2D eigenvalue weighted by atomic mass is 16.3. The van der Waals surface area contributed by atoms with E-state index in [1.165, 1.54) is 6.92 Å². The van der Waals surface area contributed by atoms with E-state index >= 15 is 0 Å². The number of nitrogens with one attached hydrogen (secondary N) is 1. The number of piperidine rings is 1. The van der Waals surface area contributed by atoms with Gasteiger partial charge in [0.2, 0.25) is 5.91 Å². The van der Waals surface area contributed by atoms with Gasteiger partial charge in [0, 0.05) is 38.6 Å². The van der Waals surface area contributed by atoms with E-state index in [0.29, 0.717) is 0 Å². The molecule has 0 saturated carbocycles. The monoisotopic (exact) mass is 342 g/mol. The summed E-state index contributed by atoms with van der Waals surface area (Å²) < 4.78 is 1.89. The molecule has 1 amide bonds. The number of para-hydroxylation sites is 1. The molecular weight excluding hydrogens is 316 g/mol. The number of aryl methyl sites for hydroxylation is 1. The number of amides is 1. The molecule has 2 N–H and O–H groups in total. The fourth-order valence-corrected chi connectivity index (χ4v) is 3.51. The van der Waals surface area contributed by atoms with Crippen LogP contribution in [-0.2, 0) is 18.4 Å². The minimum absolute atomic E-state index is 0.0515. The van der Waals surface area contributed by atoms with Crippen molar-refractivity contribution in [2.45, 2.75) is 32.4 Å². The van der Waals surface area contributed by atoms with Gasteiger partial charge >= 0.3 is 0 Å². The largest absolute Gasteiger partial charge is 0.385 e. The van der Waals surface area contributed by atoms with Gasteiger partial charge in [0.25, 0.3) is 0 Å². The Morgan fingerprint density at radius 2 is 2.08 bits per heavy atom. The van der Waals surface area contributed by atoms with Crippen LogP contribution < -0.4 is 5.32 Å². The third-order valence-electron chi connectivity index (χ3n) is 4.92. The summed E-state index contributed by atoms with van der Waals surface area (Å²) in [5, 5.41) is 13.5. The molecule has 1 fully saturated rings. The second-order valence-corrected chi connectivity index (χ2v) is 6.79. The molecule has 2 aromatic rings. The average Bonchev–Trinajstić information content (AvgIpc) is 3.02. The van der Waals surface area contributed by atoms with Gasteiger partial charge in [0.15, 0.2) is 0 Å². The minimum Gasteiger partial charge on any atom is -0.385 e. The Labute approximate surface area is 148 Å². The number of aliphatic hydroxyl groups excluding tert-OH is 1. The summed E-state index contributed by atoms with van der Waals surface area (Å²) in [5.41, 5.74) is 2.01. The molecule has 3 rings (SSSR count). The number of hydrogen-bond donors (Lipinski definition) is 2. The minimum atomic E-state index is -0.506. The first-order valence-corrected chi connectivity index (χ1v) is 8.77. The number of aliphatic hydroxyl groups is 1. The van der Waals surface area contributed by atoms with E-state index < -0.39 is 6.10 Å². The molecule has 0 aliphatic carbocycles. The van der Waals surface area contributed by atoms with E-state index in [-0.39, 0.29) is 11.8 Å². The highest BCUT2D eigenvalue weighted by Gasteiger charge is 2.28. The van der Waals surface area contributed by atoms with E-state index in [2.05, 4.69) is 21.3 Å². The average molecular weight is 342 g/mol. The second-order valence-electron chi connectivity index (χ2n) is 6.79. The fraction of sp³-hybridized carbons (Fsp3) is 0.474. The topological polar surface area (TPSA) is 70.4 Å². The number of imidazole rings is 1. The van der Waals surface area contributed by atoms with E-state index in [1.54, 1.807) is 6.20 Å². The maximum absolute atomic E-state index is 11.4. The van der Waals surface area contributed by atoms with Crippen molar-refractivity contribution in [1.29, 1.82) is 0 Å². The Morgan fingerprint density at radius 1 is 1.36 bits per heavy atom. The molecular formula is C19H26N4O2. The number of hydrogen-bond acceptors (Lipinski definition) is 4. The first-order valence-electron chi connectivity index (χ1n) is 8.77. The van der Waals surface area contributed by atoms with E-state index in [4.69, 9.17) is 0 Å². The maximum atomic E-state index is 11.4. The SMILES string of the molecule is CC(=O)Nc1ccccc1CN1CCC([C@@H](O)c2nccn2C)CC1. The Kier molecular flexibility index (Phi) is 5.50. The van der Waals surface area contributed by atoms with Crippen LogP contribution in [0.25, 0.3) is 0 Å². The molecule has 1 aromatic heterocycles. The van der Waals surface area contributed by atoms with Gasteiger partial charge in [-0.2, -0.15) is 0 Å². The normalized spacial score (nSPS) is 17.4. The van der Waals surface area contributed by atoms with Crippen LogP contribution in [0.4, 0.5) is 5.69 Å². The van der Waals surface area contributed by atoms with Crippen LogP contribution in [0.5, 0.6) is 0 Å². The van der Waals surface area contributed by atoms with E-state index in [1.807, 2.05) is 36.0 Å². The summed E-state index contributed by atoms with van der Waals surface area (Å²) in [7, 11) is 1.92. The van der Waals surface area contributed by atoms with Crippen LogP contribution in [-0.4, -0.2) is 38.6 Å².